The fourth-order valence-corrected chi connectivity index (χ4v) is 2.43. The Hall–Kier alpha value is -2.12. The molecule has 0 aliphatic carbocycles. The first kappa shape index (κ1) is 18.2. The summed E-state index contributed by atoms with van der Waals surface area (Å²) in [7, 11) is 1.38. The van der Waals surface area contributed by atoms with Gasteiger partial charge in [-0.05, 0) is 31.2 Å². The molecule has 132 valence electrons. The first-order chi connectivity index (χ1) is 11.4. The molecule has 0 bridgehead atoms. The monoisotopic (exact) mass is 337 g/mol. The molecule has 1 aliphatic heterocycles. The molecular formula is C17H23NO6. The second kappa shape index (κ2) is 8.12. The molecule has 24 heavy (non-hydrogen) atoms. The smallest absolute Gasteiger partial charge is 0.331 e. The number of hydrogen-bond donors (Lipinski definition) is 2. The van der Waals surface area contributed by atoms with Gasteiger partial charge in [0.25, 0.3) is 5.91 Å². The summed E-state index contributed by atoms with van der Waals surface area (Å²) in [6, 6.07) is 6.63. The van der Waals surface area contributed by atoms with E-state index in [2.05, 4.69) is 5.32 Å². The molecule has 1 heterocycles. The molecule has 1 amide bonds. The molecule has 1 unspecified atom stereocenters. The standard InChI is InChI=1S/C17H23NO6/c1-17(11-22-2,16(20)21)18-15(19)12-3-5-13(6-4-12)24-14-7-9-23-10-8-14/h3-6,14H,7-11H2,1-2H3,(H,18,19)(H,20,21). The van der Waals surface area contributed by atoms with Crippen molar-refractivity contribution in [3.63, 3.8) is 0 Å². The number of methoxy groups -OCH3 is 1. The van der Waals surface area contributed by atoms with Crippen LogP contribution in [-0.2, 0) is 14.3 Å². The van der Waals surface area contributed by atoms with Gasteiger partial charge >= 0.3 is 5.97 Å². The molecule has 1 aromatic carbocycles. The summed E-state index contributed by atoms with van der Waals surface area (Å²) in [5.41, 5.74) is -1.12. The van der Waals surface area contributed by atoms with Crippen LogP contribution in [-0.4, -0.2) is 55.6 Å². The summed E-state index contributed by atoms with van der Waals surface area (Å²) in [4.78, 5) is 23.6. The average molecular weight is 337 g/mol. The van der Waals surface area contributed by atoms with E-state index < -0.39 is 17.4 Å². The van der Waals surface area contributed by atoms with Gasteiger partial charge in [-0.3, -0.25) is 4.79 Å². The van der Waals surface area contributed by atoms with Crippen LogP contribution in [0.15, 0.2) is 24.3 Å². The second-order valence-corrected chi connectivity index (χ2v) is 5.98. The number of hydrogen-bond acceptors (Lipinski definition) is 5. The Morgan fingerprint density at radius 2 is 1.92 bits per heavy atom. The van der Waals surface area contributed by atoms with Gasteiger partial charge in [0.1, 0.15) is 11.9 Å². The number of rotatable bonds is 7. The Labute approximate surface area is 140 Å². The number of carboxylic acid groups (broad SMARTS) is 1. The Morgan fingerprint density at radius 1 is 1.29 bits per heavy atom. The first-order valence-corrected chi connectivity index (χ1v) is 7.84. The lowest BCUT2D eigenvalue weighted by atomic mass is 10.0. The molecule has 1 fully saturated rings. The van der Waals surface area contributed by atoms with E-state index in [9.17, 15) is 14.7 Å². The molecular weight excluding hydrogens is 314 g/mol. The van der Waals surface area contributed by atoms with Gasteiger partial charge in [0.05, 0.1) is 19.8 Å². The Bertz CT molecular complexity index is 567. The number of carboxylic acids is 1. The SMILES string of the molecule is COCC(C)(NC(=O)c1ccc(OC2CCOCC2)cc1)C(=O)O. The quantitative estimate of drug-likeness (QED) is 0.782. The van der Waals surface area contributed by atoms with Crippen LogP contribution in [0.4, 0.5) is 0 Å². The highest BCUT2D eigenvalue weighted by atomic mass is 16.5. The minimum Gasteiger partial charge on any atom is -0.490 e. The van der Waals surface area contributed by atoms with E-state index in [4.69, 9.17) is 14.2 Å². The Balaban J connectivity index is 1.98. The van der Waals surface area contributed by atoms with Crippen LogP contribution < -0.4 is 10.1 Å². The van der Waals surface area contributed by atoms with Crippen molar-refractivity contribution in [1.29, 1.82) is 0 Å². The molecule has 1 atom stereocenters. The fourth-order valence-electron chi connectivity index (χ4n) is 2.43. The van der Waals surface area contributed by atoms with Gasteiger partial charge in [0.15, 0.2) is 5.54 Å². The zero-order valence-electron chi connectivity index (χ0n) is 13.9. The minimum atomic E-state index is -1.48. The van der Waals surface area contributed by atoms with Crippen LogP contribution >= 0.6 is 0 Å². The van der Waals surface area contributed by atoms with Crippen LogP contribution in [0.5, 0.6) is 5.75 Å². The third-order valence-electron chi connectivity index (χ3n) is 3.88. The minimum absolute atomic E-state index is 0.121. The van der Waals surface area contributed by atoms with Crippen molar-refractivity contribution >= 4 is 11.9 Å². The number of benzene rings is 1. The molecule has 7 nitrogen and oxygen atoms in total. The third-order valence-corrected chi connectivity index (χ3v) is 3.88. The molecule has 1 aromatic rings. The highest BCUT2D eigenvalue weighted by Gasteiger charge is 2.35. The van der Waals surface area contributed by atoms with Crippen LogP contribution in [0.1, 0.15) is 30.1 Å². The van der Waals surface area contributed by atoms with Crippen LogP contribution in [0.2, 0.25) is 0 Å². The maximum atomic E-state index is 12.3. The van der Waals surface area contributed by atoms with Crippen molar-refractivity contribution in [2.45, 2.75) is 31.4 Å². The summed E-state index contributed by atoms with van der Waals surface area (Å²) in [5.74, 6) is -0.955. The zero-order valence-corrected chi connectivity index (χ0v) is 13.9. The molecule has 0 saturated carbocycles. The lowest BCUT2D eigenvalue weighted by molar-refractivity contribution is -0.145. The van der Waals surface area contributed by atoms with Gasteiger partial charge in [0.2, 0.25) is 0 Å². The Kier molecular flexibility index (Phi) is 6.16. The van der Waals surface area contributed by atoms with E-state index in [0.29, 0.717) is 24.5 Å². The topological polar surface area (TPSA) is 94.1 Å². The van der Waals surface area contributed by atoms with E-state index in [1.807, 2.05) is 0 Å². The van der Waals surface area contributed by atoms with Crippen molar-refractivity contribution in [3.05, 3.63) is 29.8 Å². The third kappa shape index (κ3) is 4.69. The molecule has 0 radical (unpaired) electrons. The number of carbonyl (C=O) groups excluding carboxylic acids is 1. The normalized spacial score (nSPS) is 17.8. The van der Waals surface area contributed by atoms with E-state index in [0.717, 1.165) is 12.8 Å². The van der Waals surface area contributed by atoms with Gasteiger partial charge in [0, 0.05) is 25.5 Å². The van der Waals surface area contributed by atoms with Crippen LogP contribution in [0.3, 0.4) is 0 Å². The summed E-state index contributed by atoms with van der Waals surface area (Å²) in [6.07, 6.45) is 1.81. The summed E-state index contributed by atoms with van der Waals surface area (Å²) in [6.45, 7) is 2.66. The van der Waals surface area contributed by atoms with E-state index >= 15 is 0 Å². The van der Waals surface area contributed by atoms with Gasteiger partial charge in [-0.15, -0.1) is 0 Å². The van der Waals surface area contributed by atoms with Gasteiger partial charge in [-0.25, -0.2) is 4.79 Å². The van der Waals surface area contributed by atoms with E-state index in [1.165, 1.54) is 14.0 Å². The number of ether oxygens (including phenoxy) is 3. The van der Waals surface area contributed by atoms with E-state index in [-0.39, 0.29) is 12.7 Å². The first-order valence-electron chi connectivity index (χ1n) is 7.84. The number of aliphatic carboxylic acids is 1. The van der Waals surface area contributed by atoms with Crippen molar-refractivity contribution in [2.24, 2.45) is 0 Å². The predicted molar refractivity (Wildman–Crippen MR) is 86.3 cm³/mol. The van der Waals surface area contributed by atoms with Crippen LogP contribution in [0.25, 0.3) is 0 Å². The van der Waals surface area contributed by atoms with Crippen molar-refractivity contribution in [2.75, 3.05) is 26.9 Å². The largest absolute Gasteiger partial charge is 0.490 e. The van der Waals surface area contributed by atoms with Gasteiger partial charge < -0.3 is 24.6 Å². The van der Waals surface area contributed by atoms with Gasteiger partial charge in [-0.2, -0.15) is 0 Å². The maximum absolute atomic E-state index is 12.3. The van der Waals surface area contributed by atoms with E-state index in [1.54, 1.807) is 24.3 Å². The van der Waals surface area contributed by atoms with Crippen molar-refractivity contribution in [3.8, 4) is 5.75 Å². The highest BCUT2D eigenvalue weighted by Crippen LogP contribution is 2.19. The highest BCUT2D eigenvalue weighted by molar-refractivity contribution is 5.97. The number of nitrogens with one attached hydrogen (secondary N) is 1. The fraction of sp³-hybridized carbons (Fsp3) is 0.529. The molecule has 0 spiro atoms. The summed E-state index contributed by atoms with van der Waals surface area (Å²) >= 11 is 0. The Morgan fingerprint density at radius 3 is 2.46 bits per heavy atom. The number of amides is 1. The molecule has 2 rings (SSSR count). The predicted octanol–water partition coefficient (Wildman–Crippen LogP) is 1.46. The maximum Gasteiger partial charge on any atom is 0.331 e. The summed E-state index contributed by atoms with van der Waals surface area (Å²) < 4.78 is 16.0. The zero-order chi connectivity index (χ0) is 17.6. The van der Waals surface area contributed by atoms with Gasteiger partial charge in [-0.1, -0.05) is 0 Å². The second-order valence-electron chi connectivity index (χ2n) is 5.98. The summed E-state index contributed by atoms with van der Waals surface area (Å²) in [5, 5.41) is 11.8. The average Bonchev–Trinajstić information content (AvgIpc) is 2.56. The van der Waals surface area contributed by atoms with Crippen LogP contribution in [0, 0.1) is 0 Å². The lowest BCUT2D eigenvalue weighted by Gasteiger charge is -2.25. The molecule has 1 aliphatic rings. The molecule has 7 heteroatoms. The molecule has 1 saturated heterocycles. The number of carbonyl (C=O) groups is 2. The van der Waals surface area contributed by atoms with Crippen molar-refractivity contribution < 1.29 is 28.9 Å². The molecule has 2 N–H and O–H groups in total. The molecule has 0 aromatic heterocycles. The lowest BCUT2D eigenvalue weighted by Crippen LogP contribution is -2.55. The van der Waals surface area contributed by atoms with Crippen molar-refractivity contribution in [1.82, 2.24) is 5.32 Å².